The molecule has 0 heterocycles. The van der Waals surface area contributed by atoms with Gasteiger partial charge >= 0.3 is 0 Å². The summed E-state index contributed by atoms with van der Waals surface area (Å²) in [7, 11) is -3.63. The van der Waals surface area contributed by atoms with Crippen molar-refractivity contribution in [1.82, 2.24) is 5.32 Å². The first-order chi connectivity index (χ1) is 12.6. The Morgan fingerprint density at radius 1 is 1.07 bits per heavy atom. The molecule has 146 valence electrons. The van der Waals surface area contributed by atoms with Crippen molar-refractivity contribution in [2.24, 2.45) is 0 Å². The standard InChI is InChI=1S/C21H28N2O3S/c1-6-20(21(24)22-17(4)18-10-8-7-9-11-18)23(27(5,25)26)19-13-12-15(2)16(3)14-19/h7-14,17,20H,6H2,1-5H3,(H,22,24)/t17-,20-/m0/s1. The van der Waals surface area contributed by atoms with E-state index in [1.807, 2.05) is 70.2 Å². The van der Waals surface area contributed by atoms with Crippen molar-refractivity contribution in [2.45, 2.75) is 46.2 Å². The molecule has 0 radical (unpaired) electrons. The number of anilines is 1. The van der Waals surface area contributed by atoms with Crippen molar-refractivity contribution in [3.63, 3.8) is 0 Å². The van der Waals surface area contributed by atoms with Crippen molar-refractivity contribution < 1.29 is 13.2 Å². The van der Waals surface area contributed by atoms with Gasteiger partial charge in [0, 0.05) is 0 Å². The summed E-state index contributed by atoms with van der Waals surface area (Å²) >= 11 is 0. The third-order valence-electron chi connectivity index (χ3n) is 4.73. The van der Waals surface area contributed by atoms with Crippen LogP contribution in [0.25, 0.3) is 0 Å². The van der Waals surface area contributed by atoms with Crippen LogP contribution in [0.4, 0.5) is 5.69 Å². The number of carbonyl (C=O) groups is 1. The number of nitrogens with one attached hydrogen (secondary N) is 1. The van der Waals surface area contributed by atoms with Gasteiger partial charge in [0.25, 0.3) is 0 Å². The lowest BCUT2D eigenvalue weighted by molar-refractivity contribution is -0.122. The third kappa shape index (κ3) is 5.10. The van der Waals surface area contributed by atoms with Gasteiger partial charge in [-0.2, -0.15) is 0 Å². The van der Waals surface area contributed by atoms with Gasteiger partial charge in [0.05, 0.1) is 18.0 Å². The lowest BCUT2D eigenvalue weighted by Gasteiger charge is -2.31. The van der Waals surface area contributed by atoms with E-state index in [4.69, 9.17) is 0 Å². The SMILES string of the molecule is CC[C@@H](C(=O)N[C@@H](C)c1ccccc1)N(c1ccc(C)c(C)c1)S(C)(=O)=O. The Morgan fingerprint density at radius 2 is 1.70 bits per heavy atom. The van der Waals surface area contributed by atoms with Crippen LogP contribution in [-0.4, -0.2) is 26.6 Å². The molecule has 2 atom stereocenters. The Balaban J connectivity index is 2.34. The fourth-order valence-corrected chi connectivity index (χ4v) is 4.26. The summed E-state index contributed by atoms with van der Waals surface area (Å²) in [5.41, 5.74) is 3.53. The van der Waals surface area contributed by atoms with E-state index in [2.05, 4.69) is 5.32 Å². The highest BCUT2D eigenvalue weighted by Crippen LogP contribution is 2.25. The van der Waals surface area contributed by atoms with Crippen LogP contribution in [0.3, 0.4) is 0 Å². The topological polar surface area (TPSA) is 66.5 Å². The molecule has 0 unspecified atom stereocenters. The summed E-state index contributed by atoms with van der Waals surface area (Å²) in [6.07, 6.45) is 1.51. The lowest BCUT2D eigenvalue weighted by atomic mass is 10.1. The number of rotatable bonds is 7. The summed E-state index contributed by atoms with van der Waals surface area (Å²) in [5, 5.41) is 2.95. The van der Waals surface area contributed by atoms with E-state index < -0.39 is 16.1 Å². The van der Waals surface area contributed by atoms with Gasteiger partial charge in [0.15, 0.2) is 0 Å². The van der Waals surface area contributed by atoms with Crippen LogP contribution in [0.2, 0.25) is 0 Å². The van der Waals surface area contributed by atoms with E-state index in [9.17, 15) is 13.2 Å². The number of amides is 1. The zero-order valence-electron chi connectivity index (χ0n) is 16.6. The van der Waals surface area contributed by atoms with Crippen LogP contribution in [0.1, 0.15) is 43.0 Å². The molecule has 0 aromatic heterocycles. The van der Waals surface area contributed by atoms with E-state index >= 15 is 0 Å². The summed E-state index contributed by atoms with van der Waals surface area (Å²) < 4.78 is 26.3. The second-order valence-corrected chi connectivity index (χ2v) is 8.75. The summed E-state index contributed by atoms with van der Waals surface area (Å²) in [5.74, 6) is -0.308. The van der Waals surface area contributed by atoms with Gasteiger partial charge in [0.2, 0.25) is 15.9 Å². The highest BCUT2D eigenvalue weighted by molar-refractivity contribution is 7.92. The quantitative estimate of drug-likeness (QED) is 0.786. The normalized spacial score (nSPS) is 13.7. The Kier molecular flexibility index (Phi) is 6.65. The first-order valence-corrected chi connectivity index (χ1v) is 10.9. The summed E-state index contributed by atoms with van der Waals surface area (Å²) in [4.78, 5) is 13.0. The molecule has 0 saturated carbocycles. The van der Waals surface area contributed by atoms with Crippen LogP contribution >= 0.6 is 0 Å². The monoisotopic (exact) mass is 388 g/mol. The number of carbonyl (C=O) groups excluding carboxylic acids is 1. The van der Waals surface area contributed by atoms with Crippen LogP contribution in [0, 0.1) is 13.8 Å². The van der Waals surface area contributed by atoms with Crippen molar-refractivity contribution in [2.75, 3.05) is 10.6 Å². The van der Waals surface area contributed by atoms with Gasteiger partial charge in [-0.15, -0.1) is 0 Å². The predicted molar refractivity (Wildman–Crippen MR) is 110 cm³/mol. The van der Waals surface area contributed by atoms with Gasteiger partial charge in [-0.05, 0) is 56.0 Å². The third-order valence-corrected chi connectivity index (χ3v) is 5.91. The van der Waals surface area contributed by atoms with Crippen LogP contribution in [0.15, 0.2) is 48.5 Å². The van der Waals surface area contributed by atoms with E-state index in [0.717, 1.165) is 22.9 Å². The van der Waals surface area contributed by atoms with Gasteiger partial charge in [-0.3, -0.25) is 9.10 Å². The Bertz CT molecular complexity index is 895. The summed E-state index contributed by atoms with van der Waals surface area (Å²) in [6, 6.07) is 14.0. The summed E-state index contributed by atoms with van der Waals surface area (Å²) in [6.45, 7) is 7.60. The minimum absolute atomic E-state index is 0.214. The van der Waals surface area contributed by atoms with Crippen LogP contribution in [0.5, 0.6) is 0 Å². The number of benzene rings is 2. The van der Waals surface area contributed by atoms with E-state index in [1.54, 1.807) is 6.07 Å². The molecule has 0 aliphatic heterocycles. The molecule has 0 aliphatic carbocycles. The average Bonchev–Trinajstić information content (AvgIpc) is 2.61. The molecule has 0 bridgehead atoms. The zero-order chi connectivity index (χ0) is 20.2. The highest BCUT2D eigenvalue weighted by atomic mass is 32.2. The minimum Gasteiger partial charge on any atom is -0.348 e. The Hall–Kier alpha value is -2.34. The molecule has 1 amide bonds. The fourth-order valence-electron chi connectivity index (χ4n) is 3.06. The molecule has 2 aromatic carbocycles. The smallest absolute Gasteiger partial charge is 0.244 e. The number of nitrogens with zero attached hydrogens (tertiary/aromatic N) is 1. The Labute approximate surface area is 162 Å². The van der Waals surface area contributed by atoms with Crippen LogP contribution < -0.4 is 9.62 Å². The molecule has 1 N–H and O–H groups in total. The van der Waals surface area contributed by atoms with Crippen molar-refractivity contribution in [1.29, 1.82) is 0 Å². The van der Waals surface area contributed by atoms with E-state index in [0.29, 0.717) is 12.1 Å². The highest BCUT2D eigenvalue weighted by Gasteiger charge is 2.32. The van der Waals surface area contributed by atoms with Crippen molar-refractivity contribution in [3.05, 3.63) is 65.2 Å². The molecule has 2 rings (SSSR count). The number of hydrogen-bond acceptors (Lipinski definition) is 3. The first-order valence-electron chi connectivity index (χ1n) is 9.07. The number of aryl methyl sites for hydroxylation is 2. The maximum absolute atomic E-state index is 13.0. The molecule has 0 fully saturated rings. The predicted octanol–water partition coefficient (Wildman–Crippen LogP) is 3.73. The van der Waals surface area contributed by atoms with Gasteiger partial charge in [0.1, 0.15) is 6.04 Å². The fraction of sp³-hybridized carbons (Fsp3) is 0.381. The minimum atomic E-state index is -3.63. The van der Waals surface area contributed by atoms with Gasteiger partial charge < -0.3 is 5.32 Å². The van der Waals surface area contributed by atoms with E-state index in [1.165, 1.54) is 4.31 Å². The second kappa shape index (κ2) is 8.57. The zero-order valence-corrected chi connectivity index (χ0v) is 17.4. The maximum Gasteiger partial charge on any atom is 0.244 e. The second-order valence-electron chi connectivity index (χ2n) is 6.89. The van der Waals surface area contributed by atoms with Crippen molar-refractivity contribution >= 4 is 21.6 Å². The van der Waals surface area contributed by atoms with Gasteiger partial charge in [-0.25, -0.2) is 8.42 Å². The first kappa shape index (κ1) is 21.0. The molecular weight excluding hydrogens is 360 g/mol. The molecule has 6 heteroatoms. The molecule has 0 aliphatic rings. The lowest BCUT2D eigenvalue weighted by Crippen LogP contribution is -2.49. The van der Waals surface area contributed by atoms with Crippen molar-refractivity contribution in [3.8, 4) is 0 Å². The van der Waals surface area contributed by atoms with Gasteiger partial charge in [-0.1, -0.05) is 43.3 Å². The van der Waals surface area contributed by atoms with E-state index in [-0.39, 0.29) is 11.9 Å². The number of sulfonamides is 1. The molecule has 27 heavy (non-hydrogen) atoms. The molecule has 5 nitrogen and oxygen atoms in total. The van der Waals surface area contributed by atoms with Crippen LogP contribution in [-0.2, 0) is 14.8 Å². The maximum atomic E-state index is 13.0. The molecule has 0 saturated heterocycles. The molecular formula is C21H28N2O3S. The Morgan fingerprint density at radius 3 is 2.22 bits per heavy atom. The molecule has 0 spiro atoms. The number of hydrogen-bond donors (Lipinski definition) is 1. The molecule has 2 aromatic rings. The average molecular weight is 389 g/mol. The largest absolute Gasteiger partial charge is 0.348 e.